The minimum atomic E-state index is -3.51. The average molecular weight is 477 g/mol. The summed E-state index contributed by atoms with van der Waals surface area (Å²) >= 11 is 0. The fourth-order valence-electron chi connectivity index (χ4n) is 2.26. The Morgan fingerprint density at radius 1 is 1.03 bits per heavy atom. The van der Waals surface area contributed by atoms with E-state index < -0.39 is 24.2 Å². The van der Waals surface area contributed by atoms with Gasteiger partial charge in [-0.15, -0.1) is 11.5 Å². The molecule has 0 aromatic heterocycles. The van der Waals surface area contributed by atoms with Crippen molar-refractivity contribution >= 4 is 24.2 Å². The first kappa shape index (κ1) is 29.8. The zero-order chi connectivity index (χ0) is 23.6. The topological polar surface area (TPSA) is 54.0 Å². The Labute approximate surface area is 188 Å². The van der Waals surface area contributed by atoms with E-state index >= 15 is 0 Å². The van der Waals surface area contributed by atoms with Gasteiger partial charge in [-0.2, -0.15) is 0 Å². The van der Waals surface area contributed by atoms with Crippen molar-refractivity contribution in [3.63, 3.8) is 0 Å². The van der Waals surface area contributed by atoms with Crippen molar-refractivity contribution in [3.8, 4) is 11.5 Å². The molecule has 0 N–H and O–H groups in total. The van der Waals surface area contributed by atoms with Crippen molar-refractivity contribution in [1.82, 2.24) is 0 Å². The molecule has 0 rings (SSSR count). The standard InChI is InChI=1S/C22H45O5PSi2/c1-12-24-28(23,25-13-2)26-18-17-20(3)21(16-14-15-19-29(7,8)9)27-30(10,11)22(4,5)6/h17,21H,12-14,16,18H2,1-11H3/b20-17+/t21-/m0/s1. The van der Waals surface area contributed by atoms with Crippen LogP contribution in [0.3, 0.4) is 0 Å². The van der Waals surface area contributed by atoms with Crippen LogP contribution in [0.5, 0.6) is 0 Å². The molecule has 1 atom stereocenters. The lowest BCUT2D eigenvalue weighted by Crippen LogP contribution is -2.44. The molecule has 0 saturated heterocycles. The minimum absolute atomic E-state index is 0.0380. The van der Waals surface area contributed by atoms with Gasteiger partial charge in [0.05, 0.1) is 25.9 Å². The molecule has 0 heterocycles. The largest absolute Gasteiger partial charge is 0.475 e. The second-order valence-corrected chi connectivity index (χ2v) is 21.2. The van der Waals surface area contributed by atoms with E-state index in [0.29, 0.717) is 0 Å². The molecule has 0 spiro atoms. The van der Waals surface area contributed by atoms with Crippen molar-refractivity contribution < 1.29 is 22.6 Å². The second-order valence-electron chi connectivity index (χ2n) is 9.98. The lowest BCUT2D eigenvalue weighted by Gasteiger charge is -2.39. The van der Waals surface area contributed by atoms with Gasteiger partial charge in [0.1, 0.15) is 8.07 Å². The summed E-state index contributed by atoms with van der Waals surface area (Å²) in [6.07, 6.45) is 3.52. The Balaban J connectivity index is 5.37. The SMILES string of the molecule is CCOP(=O)(OCC)OC/C=C(\C)[C@H](CCC#C[Si](C)(C)C)O[Si](C)(C)C(C)(C)C. The summed E-state index contributed by atoms with van der Waals surface area (Å²) in [6, 6.07) is 0. The van der Waals surface area contributed by atoms with Gasteiger partial charge in [-0.05, 0) is 50.9 Å². The third-order valence-electron chi connectivity index (χ3n) is 4.96. The maximum absolute atomic E-state index is 12.5. The highest BCUT2D eigenvalue weighted by Gasteiger charge is 2.39. The van der Waals surface area contributed by atoms with E-state index in [-0.39, 0.29) is 31.0 Å². The molecule has 0 amide bonds. The molecule has 0 radical (unpaired) electrons. The zero-order valence-electron chi connectivity index (χ0n) is 21.2. The van der Waals surface area contributed by atoms with Gasteiger partial charge in [0.2, 0.25) is 0 Å². The van der Waals surface area contributed by atoms with Gasteiger partial charge in [0.15, 0.2) is 8.32 Å². The number of phosphoric ester groups is 1. The van der Waals surface area contributed by atoms with Gasteiger partial charge in [-0.25, -0.2) is 4.57 Å². The summed E-state index contributed by atoms with van der Waals surface area (Å²) < 4.78 is 35.0. The van der Waals surface area contributed by atoms with Gasteiger partial charge < -0.3 is 4.43 Å². The molecular formula is C22H45O5PSi2. The monoisotopic (exact) mass is 476 g/mol. The minimum Gasteiger partial charge on any atom is -0.410 e. The van der Waals surface area contributed by atoms with Gasteiger partial charge in [0.25, 0.3) is 0 Å². The van der Waals surface area contributed by atoms with Crippen LogP contribution in [0.15, 0.2) is 11.6 Å². The third kappa shape index (κ3) is 12.0. The Morgan fingerprint density at radius 2 is 1.57 bits per heavy atom. The molecule has 0 aliphatic rings. The fourth-order valence-corrected chi connectivity index (χ4v) is 5.40. The van der Waals surface area contributed by atoms with Gasteiger partial charge in [-0.3, -0.25) is 13.6 Å². The maximum atomic E-state index is 12.5. The van der Waals surface area contributed by atoms with E-state index in [2.05, 4.69) is 65.0 Å². The fraction of sp³-hybridized carbons (Fsp3) is 0.818. The number of hydrogen-bond donors (Lipinski definition) is 0. The molecule has 8 heteroatoms. The van der Waals surface area contributed by atoms with Crippen molar-refractivity contribution in [2.75, 3.05) is 19.8 Å². The van der Waals surface area contributed by atoms with Gasteiger partial charge in [0, 0.05) is 6.42 Å². The summed E-state index contributed by atoms with van der Waals surface area (Å²) in [5.74, 6) is 3.35. The van der Waals surface area contributed by atoms with E-state index in [1.54, 1.807) is 13.8 Å². The van der Waals surface area contributed by atoms with Crippen LogP contribution in [0.1, 0.15) is 54.4 Å². The normalized spacial score (nSPS) is 15.0. The first-order valence-electron chi connectivity index (χ1n) is 10.9. The van der Waals surface area contributed by atoms with Crippen LogP contribution < -0.4 is 0 Å². The summed E-state index contributed by atoms with van der Waals surface area (Å²) in [5, 5.41) is 0.117. The molecule has 0 unspecified atom stereocenters. The molecule has 0 fully saturated rings. The maximum Gasteiger partial charge on any atom is 0.475 e. The Morgan fingerprint density at radius 3 is 2.00 bits per heavy atom. The molecule has 0 aromatic rings. The molecule has 0 aliphatic carbocycles. The molecule has 5 nitrogen and oxygen atoms in total. The first-order valence-corrected chi connectivity index (χ1v) is 18.8. The van der Waals surface area contributed by atoms with Crippen molar-refractivity contribution in [2.24, 2.45) is 0 Å². The van der Waals surface area contributed by atoms with E-state index in [9.17, 15) is 4.57 Å². The zero-order valence-corrected chi connectivity index (χ0v) is 24.1. The van der Waals surface area contributed by atoms with Crippen LogP contribution in [-0.4, -0.2) is 42.3 Å². The first-order chi connectivity index (χ1) is 13.6. The van der Waals surface area contributed by atoms with Gasteiger partial charge in [-0.1, -0.05) is 46.5 Å². The van der Waals surface area contributed by atoms with Crippen LogP contribution >= 0.6 is 7.82 Å². The van der Waals surface area contributed by atoms with Crippen LogP contribution in [-0.2, 0) is 22.6 Å². The number of rotatable bonds is 12. The van der Waals surface area contributed by atoms with E-state index in [1.165, 1.54) is 0 Å². The molecule has 0 saturated carbocycles. The molecule has 176 valence electrons. The van der Waals surface area contributed by atoms with E-state index in [1.807, 2.05) is 13.0 Å². The molecule has 30 heavy (non-hydrogen) atoms. The highest BCUT2D eigenvalue weighted by atomic mass is 31.2. The lowest BCUT2D eigenvalue weighted by molar-refractivity contribution is 0.130. The molecule has 0 bridgehead atoms. The second kappa shape index (κ2) is 12.7. The summed E-state index contributed by atoms with van der Waals surface area (Å²) in [6.45, 7) is 24.3. The number of hydrogen-bond acceptors (Lipinski definition) is 5. The lowest BCUT2D eigenvalue weighted by atomic mass is 10.1. The van der Waals surface area contributed by atoms with Crippen LogP contribution in [0.4, 0.5) is 0 Å². The van der Waals surface area contributed by atoms with Crippen molar-refractivity contribution in [2.45, 2.75) is 98.3 Å². The van der Waals surface area contributed by atoms with Gasteiger partial charge >= 0.3 is 7.82 Å². The Hall–Kier alpha value is -0.196. The van der Waals surface area contributed by atoms with Crippen LogP contribution in [0, 0.1) is 11.5 Å². The van der Waals surface area contributed by atoms with Crippen LogP contribution in [0.2, 0.25) is 37.8 Å². The quantitative estimate of drug-likeness (QED) is 0.129. The highest BCUT2D eigenvalue weighted by Crippen LogP contribution is 2.49. The summed E-state index contributed by atoms with van der Waals surface area (Å²) in [7, 11) is -6.84. The third-order valence-corrected chi connectivity index (χ3v) is 12.0. The van der Waals surface area contributed by atoms with E-state index in [0.717, 1.165) is 18.4 Å². The molecular weight excluding hydrogens is 431 g/mol. The van der Waals surface area contributed by atoms with Crippen molar-refractivity contribution in [1.29, 1.82) is 0 Å². The number of phosphoric acid groups is 1. The Kier molecular flexibility index (Phi) is 12.7. The van der Waals surface area contributed by atoms with Crippen LogP contribution in [0.25, 0.3) is 0 Å². The summed E-state index contributed by atoms with van der Waals surface area (Å²) in [4.78, 5) is 0. The predicted molar refractivity (Wildman–Crippen MR) is 133 cm³/mol. The van der Waals surface area contributed by atoms with E-state index in [4.69, 9.17) is 18.0 Å². The average Bonchev–Trinajstić information content (AvgIpc) is 2.55. The molecule has 0 aliphatic heterocycles. The smallest absolute Gasteiger partial charge is 0.410 e. The highest BCUT2D eigenvalue weighted by molar-refractivity contribution is 7.48. The Bertz CT molecular complexity index is 641. The summed E-state index contributed by atoms with van der Waals surface area (Å²) in [5.41, 5.74) is 4.49. The molecule has 0 aromatic carbocycles. The predicted octanol–water partition coefficient (Wildman–Crippen LogP) is 7.18. The van der Waals surface area contributed by atoms with Crippen molar-refractivity contribution in [3.05, 3.63) is 11.6 Å².